The number of esters is 1. The van der Waals surface area contributed by atoms with Crippen LogP contribution in [-0.4, -0.2) is 104 Å². The van der Waals surface area contributed by atoms with Crippen molar-refractivity contribution in [2.75, 3.05) is 54.2 Å². The van der Waals surface area contributed by atoms with Gasteiger partial charge in [0.1, 0.15) is 12.6 Å². The van der Waals surface area contributed by atoms with Crippen LogP contribution >= 0.6 is 0 Å². The Morgan fingerprint density at radius 1 is 1.20 bits per heavy atom. The van der Waals surface area contributed by atoms with Crippen LogP contribution in [0.25, 0.3) is 0 Å². The summed E-state index contributed by atoms with van der Waals surface area (Å²) in [7, 11) is 5.22. The number of rotatable bonds is 14. The number of carbonyl (C=O) groups excluding carboxylic acids is 1. The smallest absolute Gasteiger partial charge is 0.337 e. The largest absolute Gasteiger partial charge is 0.504 e. The van der Waals surface area contributed by atoms with Gasteiger partial charge in [-0.25, -0.2) is 14.3 Å². The monoisotopic (exact) mass is 790 g/mol. The van der Waals surface area contributed by atoms with Gasteiger partial charge in [0.25, 0.3) is 0 Å². The number of phenolic OH excluding ortho intramolecular Hbond substituents is 1. The summed E-state index contributed by atoms with van der Waals surface area (Å²) in [5, 5.41) is 23.8. The number of likely N-dealkylation sites (tertiary alicyclic amines) is 1. The molecule has 2 fully saturated rings. The van der Waals surface area contributed by atoms with Crippen molar-refractivity contribution < 1.29 is 59.8 Å². The second-order valence-electron chi connectivity index (χ2n) is 14.4. The Labute approximate surface area is 280 Å². The van der Waals surface area contributed by atoms with E-state index in [1.807, 2.05) is 47.7 Å². The Morgan fingerprint density at radius 3 is 2.36 bits per heavy atom. The van der Waals surface area contributed by atoms with Gasteiger partial charge in [0.15, 0.2) is 11.5 Å². The minimum Gasteiger partial charge on any atom is -0.504 e. The van der Waals surface area contributed by atoms with Gasteiger partial charge < -0.3 is 29.3 Å². The van der Waals surface area contributed by atoms with Gasteiger partial charge in [-0.15, -0.1) is 0 Å². The van der Waals surface area contributed by atoms with Crippen LogP contribution in [0.4, 0.5) is 0 Å². The number of piperidine rings is 1. The van der Waals surface area contributed by atoms with E-state index in [4.69, 9.17) is 19.0 Å². The summed E-state index contributed by atoms with van der Waals surface area (Å²) < 4.78 is 16.0. The van der Waals surface area contributed by atoms with Crippen LogP contribution in [0.2, 0.25) is 0 Å². The van der Waals surface area contributed by atoms with Gasteiger partial charge in [-0.3, -0.25) is 6.92 Å². The number of hydroxylamine groups is 3. The van der Waals surface area contributed by atoms with E-state index in [9.17, 15) is 15.0 Å². The molecule has 1 saturated heterocycles. The molecule has 1 saturated carbocycles. The van der Waals surface area contributed by atoms with E-state index < -0.39 is 28.4 Å². The van der Waals surface area contributed by atoms with Crippen molar-refractivity contribution in [2.45, 2.75) is 103 Å². The molecule has 0 bridgehead atoms. The Bertz CT molecular complexity index is 1110. The van der Waals surface area contributed by atoms with Crippen LogP contribution in [0.1, 0.15) is 78.4 Å². The van der Waals surface area contributed by atoms with Crippen LogP contribution < -0.4 is 4.74 Å². The van der Waals surface area contributed by atoms with Crippen LogP contribution in [0.15, 0.2) is 12.1 Å². The Balaban J connectivity index is 0.00000675. The van der Waals surface area contributed by atoms with Gasteiger partial charge in [-0.1, -0.05) is 26.8 Å². The van der Waals surface area contributed by atoms with Gasteiger partial charge in [0.2, 0.25) is 0 Å². The number of aliphatic hydroxyl groups is 1. The SMILES string of the molecule is [CH2-]C(C(C)(O)C(C)(C)C)[N+](C)(OC)C(C)C1(c2c(C)ccc(OC(=O)COCCOC)c2O)CCN(CC2CC2)C(C)C1.[W]. The van der Waals surface area contributed by atoms with Gasteiger partial charge in [0.05, 0.1) is 38.4 Å². The summed E-state index contributed by atoms with van der Waals surface area (Å²) in [6, 6.07) is 2.99. The minimum absolute atomic E-state index is 0. The third kappa shape index (κ3) is 8.07. The number of carbonyl (C=O) groups is 1. The van der Waals surface area contributed by atoms with Crippen molar-refractivity contribution in [3.8, 4) is 11.5 Å². The quantitative estimate of drug-likeness (QED) is 0.0694. The normalized spacial score (nSPS) is 25.3. The molecule has 3 rings (SSSR count). The van der Waals surface area contributed by atoms with Crippen molar-refractivity contribution in [2.24, 2.45) is 11.3 Å². The molecular formula is C34H58N2O7W. The Hall–Kier alpha value is -1.06. The van der Waals surface area contributed by atoms with E-state index in [2.05, 4.69) is 25.7 Å². The van der Waals surface area contributed by atoms with Gasteiger partial charge >= 0.3 is 5.97 Å². The number of quaternary nitrogens is 1. The number of aryl methyl sites for hydroxylation is 1. The number of likely N-dealkylation sites (N-methyl/N-ethyl adjacent to an activating group) is 1. The Morgan fingerprint density at radius 2 is 1.84 bits per heavy atom. The molecule has 0 radical (unpaired) electrons. The molecule has 0 aromatic heterocycles. The first kappa shape index (κ1) is 39.1. The second kappa shape index (κ2) is 15.2. The van der Waals surface area contributed by atoms with E-state index in [0.29, 0.717) is 6.61 Å². The van der Waals surface area contributed by atoms with E-state index in [0.717, 1.165) is 43.0 Å². The number of phenols is 1. The van der Waals surface area contributed by atoms with Gasteiger partial charge in [-0.05, 0) is 82.9 Å². The number of benzene rings is 1. The summed E-state index contributed by atoms with van der Waals surface area (Å²) in [4.78, 5) is 21.5. The molecule has 1 aliphatic carbocycles. The molecule has 1 aliphatic heterocycles. The number of ether oxygens (including phenoxy) is 3. The van der Waals surface area contributed by atoms with Crippen LogP contribution in [0.5, 0.6) is 11.5 Å². The summed E-state index contributed by atoms with van der Waals surface area (Å²) in [6.45, 7) is 21.1. The molecule has 1 aromatic rings. The number of nitrogens with zero attached hydrogens (tertiary/aromatic N) is 2. The van der Waals surface area contributed by atoms with Crippen LogP contribution in [0, 0.1) is 25.2 Å². The zero-order chi connectivity index (χ0) is 32.4. The molecule has 0 spiro atoms. The third-order valence-electron chi connectivity index (χ3n) is 10.8. The topological polar surface area (TPSA) is 97.7 Å². The fraction of sp³-hybridized carbons (Fsp3) is 0.765. The molecule has 6 atom stereocenters. The second-order valence-corrected chi connectivity index (χ2v) is 14.4. The first-order valence-corrected chi connectivity index (χ1v) is 15.8. The molecule has 252 valence electrons. The third-order valence-corrected chi connectivity index (χ3v) is 10.8. The fourth-order valence-corrected chi connectivity index (χ4v) is 6.92. The fourth-order valence-electron chi connectivity index (χ4n) is 6.92. The zero-order valence-corrected chi connectivity index (χ0v) is 31.7. The van der Waals surface area contributed by atoms with Crippen molar-refractivity contribution in [1.29, 1.82) is 0 Å². The minimum atomic E-state index is -1.18. The summed E-state index contributed by atoms with van der Waals surface area (Å²) in [5.74, 6) is 0.251. The van der Waals surface area contributed by atoms with E-state index in [1.54, 1.807) is 20.3 Å². The van der Waals surface area contributed by atoms with E-state index >= 15 is 0 Å². The van der Waals surface area contributed by atoms with Crippen molar-refractivity contribution >= 4 is 5.97 Å². The van der Waals surface area contributed by atoms with Gasteiger partial charge in [0, 0.05) is 52.4 Å². The number of methoxy groups -OCH3 is 1. The van der Waals surface area contributed by atoms with Crippen molar-refractivity contribution in [3.05, 3.63) is 30.2 Å². The maximum atomic E-state index is 12.7. The summed E-state index contributed by atoms with van der Waals surface area (Å²) >= 11 is 0. The molecule has 1 heterocycles. The maximum Gasteiger partial charge on any atom is 0.337 e. The average Bonchev–Trinajstić information content (AvgIpc) is 3.76. The molecule has 9 nitrogen and oxygen atoms in total. The van der Waals surface area contributed by atoms with E-state index in [1.165, 1.54) is 12.8 Å². The zero-order valence-electron chi connectivity index (χ0n) is 28.8. The predicted molar refractivity (Wildman–Crippen MR) is 168 cm³/mol. The number of hydrogen-bond acceptors (Lipinski definition) is 8. The van der Waals surface area contributed by atoms with Crippen LogP contribution in [0.3, 0.4) is 0 Å². The number of aromatic hydroxyl groups is 1. The number of hydrogen-bond donors (Lipinski definition) is 2. The predicted octanol–water partition coefficient (Wildman–Crippen LogP) is 4.79. The van der Waals surface area contributed by atoms with Gasteiger partial charge in [-0.2, -0.15) is 0 Å². The molecule has 10 heteroatoms. The van der Waals surface area contributed by atoms with Crippen LogP contribution in [-0.2, 0) is 45.6 Å². The average molecular weight is 791 g/mol. The molecule has 2 aliphatic rings. The Kier molecular flexibility index (Phi) is 13.5. The first-order valence-electron chi connectivity index (χ1n) is 15.8. The van der Waals surface area contributed by atoms with E-state index in [-0.39, 0.29) is 62.5 Å². The standard InChI is InChI=1S/C34H58N2O7.W/c1-23-12-15-28(43-29(37)22-42-19-18-40-10)31(38)30(23)34(16-17-35(24(2)20-34)21-27-13-14-27)26(4)36(9,41-11)25(3)33(8,39)32(5,6)7;/h12,15,24-27,38-39H,3,13-14,16-22H2,1-2,4-11H3;. The summed E-state index contributed by atoms with van der Waals surface area (Å²) in [5.41, 5.74) is -0.563. The molecular weight excluding hydrogens is 732 g/mol. The van der Waals surface area contributed by atoms with Crippen molar-refractivity contribution in [1.82, 2.24) is 4.90 Å². The maximum absolute atomic E-state index is 12.7. The molecule has 2 N–H and O–H groups in total. The molecule has 6 unspecified atom stereocenters. The first-order chi connectivity index (χ1) is 20.0. The summed E-state index contributed by atoms with van der Waals surface area (Å²) in [6.07, 6.45) is 4.10. The molecule has 0 amide bonds. The van der Waals surface area contributed by atoms with Crippen molar-refractivity contribution in [3.63, 3.8) is 0 Å². The molecule has 44 heavy (non-hydrogen) atoms. The molecule has 1 aromatic carbocycles.